The molecule has 0 bridgehead atoms. The van der Waals surface area contributed by atoms with Crippen molar-refractivity contribution in [3.8, 4) is 0 Å². The molecule has 0 spiro atoms. The maximum absolute atomic E-state index is 4.61. The van der Waals surface area contributed by atoms with Crippen LogP contribution in [-0.2, 0) is 6.54 Å². The van der Waals surface area contributed by atoms with Gasteiger partial charge in [0.25, 0.3) is 0 Å². The molecule has 3 aromatic heterocycles. The zero-order valence-corrected chi connectivity index (χ0v) is 15.7. The van der Waals surface area contributed by atoms with Crippen molar-refractivity contribution >= 4 is 34.7 Å². The van der Waals surface area contributed by atoms with E-state index in [0.29, 0.717) is 6.54 Å². The van der Waals surface area contributed by atoms with Crippen LogP contribution in [0.5, 0.6) is 0 Å². The number of thiazole rings is 1. The molecule has 0 aliphatic heterocycles. The highest BCUT2D eigenvalue weighted by Crippen LogP contribution is 2.20. The first-order valence-corrected chi connectivity index (χ1v) is 10.1. The maximum Gasteiger partial charge on any atom is 0.191 e. The molecular formula is C16H21N7S2. The summed E-state index contributed by atoms with van der Waals surface area (Å²) in [6.45, 7) is 4.22. The molecule has 0 aliphatic rings. The van der Waals surface area contributed by atoms with E-state index in [1.165, 1.54) is 0 Å². The maximum atomic E-state index is 4.61. The number of fused-ring (bicyclic) bond motifs is 1. The summed E-state index contributed by atoms with van der Waals surface area (Å²) in [4.78, 5) is 8.88. The van der Waals surface area contributed by atoms with Gasteiger partial charge in [-0.15, -0.1) is 21.5 Å². The SMILES string of the molecule is CCNC(=NCc1nnc2ccccn12)NCCCSc1nccs1. The van der Waals surface area contributed by atoms with Gasteiger partial charge < -0.3 is 10.6 Å². The van der Waals surface area contributed by atoms with E-state index < -0.39 is 0 Å². The third kappa shape index (κ3) is 5.17. The summed E-state index contributed by atoms with van der Waals surface area (Å²) in [5.74, 6) is 2.66. The minimum atomic E-state index is 0.481. The van der Waals surface area contributed by atoms with Gasteiger partial charge in [0.1, 0.15) is 10.9 Å². The highest BCUT2D eigenvalue weighted by molar-refractivity contribution is 8.00. The van der Waals surface area contributed by atoms with Crippen LogP contribution in [0.4, 0.5) is 0 Å². The van der Waals surface area contributed by atoms with Crippen LogP contribution < -0.4 is 10.6 Å². The second-order valence-corrected chi connectivity index (χ2v) is 7.40. The molecule has 3 aromatic rings. The number of pyridine rings is 1. The fourth-order valence-corrected chi connectivity index (χ4v) is 3.86. The Morgan fingerprint density at radius 1 is 1.32 bits per heavy atom. The Morgan fingerprint density at radius 3 is 3.12 bits per heavy atom. The lowest BCUT2D eigenvalue weighted by molar-refractivity contribution is 0.779. The van der Waals surface area contributed by atoms with Gasteiger partial charge in [-0.2, -0.15) is 0 Å². The quantitative estimate of drug-likeness (QED) is 0.272. The van der Waals surface area contributed by atoms with Crippen LogP contribution >= 0.6 is 23.1 Å². The molecule has 7 nitrogen and oxygen atoms in total. The van der Waals surface area contributed by atoms with Gasteiger partial charge >= 0.3 is 0 Å². The fourth-order valence-electron chi connectivity index (χ4n) is 2.21. The summed E-state index contributed by atoms with van der Waals surface area (Å²) in [7, 11) is 0. The van der Waals surface area contributed by atoms with Crippen LogP contribution in [0.25, 0.3) is 5.65 Å². The van der Waals surface area contributed by atoms with E-state index >= 15 is 0 Å². The van der Waals surface area contributed by atoms with Gasteiger partial charge in [-0.1, -0.05) is 17.8 Å². The second kappa shape index (κ2) is 9.38. The van der Waals surface area contributed by atoms with Crippen LogP contribution in [0.3, 0.4) is 0 Å². The Bertz CT molecular complexity index is 798. The number of rotatable bonds is 8. The third-order valence-electron chi connectivity index (χ3n) is 3.36. The minimum absolute atomic E-state index is 0.481. The molecule has 0 saturated carbocycles. The van der Waals surface area contributed by atoms with Crippen molar-refractivity contribution in [3.63, 3.8) is 0 Å². The first kappa shape index (κ1) is 17.7. The number of nitrogens with zero attached hydrogens (tertiary/aromatic N) is 5. The van der Waals surface area contributed by atoms with Gasteiger partial charge in [0, 0.05) is 36.6 Å². The highest BCUT2D eigenvalue weighted by atomic mass is 32.2. The topological polar surface area (TPSA) is 79.5 Å². The van der Waals surface area contributed by atoms with E-state index in [2.05, 4.69) is 37.7 Å². The number of thioether (sulfide) groups is 1. The minimum Gasteiger partial charge on any atom is -0.357 e. The van der Waals surface area contributed by atoms with E-state index in [9.17, 15) is 0 Å². The van der Waals surface area contributed by atoms with Gasteiger partial charge in [0.05, 0.1) is 0 Å². The predicted octanol–water partition coefficient (Wildman–Crippen LogP) is 2.42. The van der Waals surface area contributed by atoms with Gasteiger partial charge in [0.15, 0.2) is 17.4 Å². The lowest BCUT2D eigenvalue weighted by Crippen LogP contribution is -2.37. The molecule has 0 saturated heterocycles. The molecule has 3 rings (SSSR count). The number of aromatic nitrogens is 4. The van der Waals surface area contributed by atoms with E-state index in [4.69, 9.17) is 0 Å². The molecule has 0 aliphatic carbocycles. The van der Waals surface area contributed by atoms with Gasteiger partial charge in [-0.25, -0.2) is 9.98 Å². The smallest absolute Gasteiger partial charge is 0.191 e. The summed E-state index contributed by atoms with van der Waals surface area (Å²) >= 11 is 3.47. The van der Waals surface area contributed by atoms with Crippen molar-refractivity contribution in [1.29, 1.82) is 0 Å². The van der Waals surface area contributed by atoms with Crippen molar-refractivity contribution in [2.75, 3.05) is 18.8 Å². The van der Waals surface area contributed by atoms with E-state index in [1.54, 1.807) is 23.1 Å². The monoisotopic (exact) mass is 375 g/mol. The molecule has 132 valence electrons. The molecule has 9 heteroatoms. The third-order valence-corrected chi connectivity index (χ3v) is 5.41. The van der Waals surface area contributed by atoms with Crippen LogP contribution in [0.2, 0.25) is 0 Å². The first-order chi connectivity index (χ1) is 12.4. The summed E-state index contributed by atoms with van der Waals surface area (Å²) in [6, 6.07) is 5.85. The van der Waals surface area contributed by atoms with Gasteiger partial charge in [-0.05, 0) is 25.5 Å². The first-order valence-electron chi connectivity index (χ1n) is 8.20. The molecule has 0 fully saturated rings. The molecule has 0 radical (unpaired) electrons. The van der Waals surface area contributed by atoms with Crippen molar-refractivity contribution in [2.24, 2.45) is 4.99 Å². The molecular weight excluding hydrogens is 354 g/mol. The fraction of sp³-hybridized carbons (Fsp3) is 0.375. The largest absolute Gasteiger partial charge is 0.357 e. The summed E-state index contributed by atoms with van der Waals surface area (Å²) in [5.41, 5.74) is 0.838. The van der Waals surface area contributed by atoms with Gasteiger partial charge in [0.2, 0.25) is 0 Å². The zero-order valence-electron chi connectivity index (χ0n) is 14.1. The Labute approximate surface area is 155 Å². The lowest BCUT2D eigenvalue weighted by atomic mass is 10.4. The molecule has 0 atom stereocenters. The van der Waals surface area contributed by atoms with Crippen molar-refractivity contribution in [3.05, 3.63) is 41.8 Å². The average Bonchev–Trinajstić information content (AvgIpc) is 3.29. The summed E-state index contributed by atoms with van der Waals surface area (Å²) in [5, 5.41) is 17.0. The van der Waals surface area contributed by atoms with Crippen molar-refractivity contribution in [2.45, 2.75) is 24.2 Å². The summed E-state index contributed by atoms with van der Waals surface area (Å²) in [6.07, 6.45) is 4.84. The molecule has 0 unspecified atom stereocenters. The molecule has 3 heterocycles. The van der Waals surface area contributed by atoms with E-state index in [1.807, 2.05) is 40.4 Å². The molecule has 0 amide bonds. The number of guanidine groups is 1. The number of hydrogen-bond acceptors (Lipinski definition) is 6. The Morgan fingerprint density at radius 2 is 2.28 bits per heavy atom. The molecule has 25 heavy (non-hydrogen) atoms. The Balaban J connectivity index is 1.48. The highest BCUT2D eigenvalue weighted by Gasteiger charge is 2.04. The average molecular weight is 376 g/mol. The molecule has 0 aromatic carbocycles. The van der Waals surface area contributed by atoms with Crippen LogP contribution in [0.1, 0.15) is 19.2 Å². The normalized spacial score (nSPS) is 11.8. The molecule has 2 N–H and O–H groups in total. The van der Waals surface area contributed by atoms with E-state index in [0.717, 1.165) is 47.0 Å². The Kier molecular flexibility index (Phi) is 6.63. The number of nitrogens with one attached hydrogen (secondary N) is 2. The van der Waals surface area contributed by atoms with Gasteiger partial charge in [-0.3, -0.25) is 4.40 Å². The lowest BCUT2D eigenvalue weighted by Gasteiger charge is -2.10. The van der Waals surface area contributed by atoms with E-state index in [-0.39, 0.29) is 0 Å². The number of aliphatic imine (C=N–C) groups is 1. The van der Waals surface area contributed by atoms with Crippen molar-refractivity contribution in [1.82, 2.24) is 30.2 Å². The predicted molar refractivity (Wildman–Crippen MR) is 103 cm³/mol. The second-order valence-electron chi connectivity index (χ2n) is 5.17. The summed E-state index contributed by atoms with van der Waals surface area (Å²) < 4.78 is 3.08. The van der Waals surface area contributed by atoms with Crippen LogP contribution in [0.15, 0.2) is 45.3 Å². The zero-order chi connectivity index (χ0) is 17.3. The van der Waals surface area contributed by atoms with Crippen LogP contribution in [-0.4, -0.2) is 44.4 Å². The standard InChI is InChI=1S/C16H21N7S2/c1-2-17-15(18-7-5-10-24-16-19-8-11-25-16)20-12-14-22-21-13-6-3-4-9-23(13)14/h3-4,6,8-9,11H,2,5,7,10,12H2,1H3,(H2,17,18,20). The van der Waals surface area contributed by atoms with Crippen LogP contribution in [0, 0.1) is 0 Å². The Hall–Kier alpha value is -2.13. The van der Waals surface area contributed by atoms with Crippen molar-refractivity contribution < 1.29 is 0 Å². The number of hydrogen-bond donors (Lipinski definition) is 2.